The summed E-state index contributed by atoms with van der Waals surface area (Å²) < 4.78 is 46.6. The Morgan fingerprint density at radius 2 is 2.17 bits per heavy atom. The minimum Gasteiger partial charge on any atom is -0.748 e. The van der Waals surface area contributed by atoms with Gasteiger partial charge < -0.3 is 18.8 Å². The molecule has 0 spiro atoms. The zero-order valence-corrected chi connectivity index (χ0v) is 9.79. The standard InChI is InChI=1S/C9H10O8S/c10-5(2-18(12,13)14)16-7-4-1-3-6(15-4)8(7)17-9(3)11/h3-4,6-8H,1-2H2,(H,12,13,14)/p-1. The van der Waals surface area contributed by atoms with Crippen LogP contribution >= 0.6 is 0 Å². The highest BCUT2D eigenvalue weighted by atomic mass is 32.2. The number of hydrogen-bond donors (Lipinski definition) is 0. The second kappa shape index (κ2) is 3.65. The van der Waals surface area contributed by atoms with Crippen molar-refractivity contribution in [3.63, 3.8) is 0 Å². The Hall–Kier alpha value is -1.19. The van der Waals surface area contributed by atoms with Crippen molar-refractivity contribution in [3.8, 4) is 0 Å². The van der Waals surface area contributed by atoms with Gasteiger partial charge in [0.2, 0.25) is 0 Å². The first-order valence-corrected chi connectivity index (χ1v) is 6.92. The summed E-state index contributed by atoms with van der Waals surface area (Å²) in [7, 11) is -4.68. The largest absolute Gasteiger partial charge is 0.748 e. The number of carbonyl (C=O) groups excluding carboxylic acids is 2. The summed E-state index contributed by atoms with van der Waals surface area (Å²) in [6, 6.07) is 0. The first kappa shape index (κ1) is 11.9. The highest BCUT2D eigenvalue weighted by Gasteiger charge is 2.65. The van der Waals surface area contributed by atoms with Gasteiger partial charge in [-0.15, -0.1) is 0 Å². The van der Waals surface area contributed by atoms with Crippen molar-refractivity contribution in [2.45, 2.75) is 30.8 Å². The Kier molecular flexibility index (Phi) is 2.41. The summed E-state index contributed by atoms with van der Waals surface area (Å²) >= 11 is 0. The lowest BCUT2D eigenvalue weighted by Gasteiger charge is -2.22. The van der Waals surface area contributed by atoms with Crippen LogP contribution in [0.25, 0.3) is 0 Å². The molecule has 100 valence electrons. The summed E-state index contributed by atoms with van der Waals surface area (Å²) in [5.41, 5.74) is 0. The molecule has 5 atom stereocenters. The summed E-state index contributed by atoms with van der Waals surface area (Å²) in [5.74, 6) is -3.09. The molecule has 3 heterocycles. The molecule has 0 saturated carbocycles. The molecule has 2 bridgehead atoms. The van der Waals surface area contributed by atoms with Crippen LogP contribution in [0, 0.1) is 5.92 Å². The molecular weight excluding hydrogens is 268 g/mol. The molecule has 5 unspecified atom stereocenters. The number of ether oxygens (including phenoxy) is 3. The van der Waals surface area contributed by atoms with Crippen LogP contribution in [0.1, 0.15) is 6.42 Å². The van der Waals surface area contributed by atoms with Gasteiger partial charge in [0, 0.05) is 0 Å². The number of hydrogen-bond acceptors (Lipinski definition) is 8. The van der Waals surface area contributed by atoms with E-state index in [1.165, 1.54) is 0 Å². The molecule has 0 aromatic rings. The van der Waals surface area contributed by atoms with Crippen LogP contribution in [0.5, 0.6) is 0 Å². The van der Waals surface area contributed by atoms with E-state index in [0.717, 1.165) is 0 Å². The lowest BCUT2D eigenvalue weighted by Crippen LogP contribution is -2.41. The Bertz CT molecular complexity index is 511. The molecule has 3 aliphatic heterocycles. The molecule has 0 amide bonds. The molecule has 0 aromatic heterocycles. The van der Waals surface area contributed by atoms with Gasteiger partial charge in [-0.25, -0.2) is 8.42 Å². The second-order valence-electron chi connectivity index (χ2n) is 4.54. The second-order valence-corrected chi connectivity index (χ2v) is 5.94. The summed E-state index contributed by atoms with van der Waals surface area (Å²) in [6.07, 6.45) is -1.99. The monoisotopic (exact) mass is 277 g/mol. The lowest BCUT2D eigenvalue weighted by atomic mass is 9.88. The SMILES string of the molecule is O=C(CS(=O)(=O)[O-])OC1C2CC3C(=O)OC1C3O2. The van der Waals surface area contributed by atoms with E-state index >= 15 is 0 Å². The van der Waals surface area contributed by atoms with Crippen molar-refractivity contribution in [2.75, 3.05) is 5.75 Å². The van der Waals surface area contributed by atoms with E-state index in [4.69, 9.17) is 14.2 Å². The van der Waals surface area contributed by atoms with Crippen LogP contribution in [0.2, 0.25) is 0 Å². The molecule has 9 heteroatoms. The van der Waals surface area contributed by atoms with E-state index in [9.17, 15) is 22.6 Å². The molecule has 3 saturated heterocycles. The first-order chi connectivity index (χ1) is 8.35. The topological polar surface area (TPSA) is 119 Å². The van der Waals surface area contributed by atoms with Gasteiger partial charge >= 0.3 is 11.9 Å². The number of fused-ring (bicyclic) bond motifs is 1. The molecule has 0 aliphatic carbocycles. The predicted molar refractivity (Wildman–Crippen MR) is 51.1 cm³/mol. The molecule has 18 heavy (non-hydrogen) atoms. The van der Waals surface area contributed by atoms with Gasteiger partial charge in [0.25, 0.3) is 0 Å². The average molecular weight is 277 g/mol. The minimum atomic E-state index is -4.68. The quantitative estimate of drug-likeness (QED) is 0.436. The fraction of sp³-hybridized carbons (Fsp3) is 0.778. The van der Waals surface area contributed by atoms with Gasteiger partial charge in [0.05, 0.1) is 12.0 Å². The lowest BCUT2D eigenvalue weighted by molar-refractivity contribution is -0.158. The molecule has 3 aliphatic rings. The molecule has 8 nitrogen and oxygen atoms in total. The maximum Gasteiger partial charge on any atom is 0.320 e. The average Bonchev–Trinajstić information content (AvgIpc) is 2.79. The van der Waals surface area contributed by atoms with Crippen molar-refractivity contribution in [1.29, 1.82) is 0 Å². The Balaban J connectivity index is 1.69. The van der Waals surface area contributed by atoms with Gasteiger partial charge in [-0.3, -0.25) is 9.59 Å². The van der Waals surface area contributed by atoms with Crippen molar-refractivity contribution in [2.24, 2.45) is 5.92 Å². The fourth-order valence-corrected chi connectivity index (χ4v) is 3.07. The maximum absolute atomic E-state index is 11.4. The molecule has 3 fully saturated rings. The van der Waals surface area contributed by atoms with Gasteiger partial charge in [-0.1, -0.05) is 0 Å². The smallest absolute Gasteiger partial charge is 0.320 e. The highest BCUT2D eigenvalue weighted by Crippen LogP contribution is 2.47. The number of esters is 2. The van der Waals surface area contributed by atoms with Crippen molar-refractivity contribution in [3.05, 3.63) is 0 Å². The van der Waals surface area contributed by atoms with Crippen LogP contribution in [0.4, 0.5) is 0 Å². The summed E-state index contributed by atoms with van der Waals surface area (Å²) in [4.78, 5) is 22.6. The molecule has 0 N–H and O–H groups in total. The van der Waals surface area contributed by atoms with Crippen LogP contribution in [-0.4, -0.2) is 55.1 Å². The van der Waals surface area contributed by atoms with E-state index in [2.05, 4.69) is 0 Å². The Labute approximate surface area is 102 Å². The third-order valence-corrected chi connectivity index (χ3v) is 3.94. The van der Waals surface area contributed by atoms with Crippen LogP contribution in [0.3, 0.4) is 0 Å². The van der Waals surface area contributed by atoms with E-state index in [0.29, 0.717) is 6.42 Å². The van der Waals surface area contributed by atoms with Crippen molar-refractivity contribution < 1.29 is 36.8 Å². The van der Waals surface area contributed by atoms with Gasteiger partial charge in [0.15, 0.2) is 12.2 Å². The molecule has 3 rings (SSSR count). The van der Waals surface area contributed by atoms with E-state index in [-0.39, 0.29) is 11.9 Å². The van der Waals surface area contributed by atoms with Gasteiger partial charge in [-0.05, 0) is 6.42 Å². The number of rotatable bonds is 3. The van der Waals surface area contributed by atoms with E-state index < -0.39 is 46.3 Å². The maximum atomic E-state index is 11.4. The first-order valence-electron chi connectivity index (χ1n) is 5.34. The van der Waals surface area contributed by atoms with Crippen LogP contribution in [-0.2, 0) is 33.9 Å². The zero-order chi connectivity index (χ0) is 13.1. The molecular formula is C9H9O8S-. The Morgan fingerprint density at radius 1 is 1.44 bits per heavy atom. The van der Waals surface area contributed by atoms with Crippen molar-refractivity contribution >= 4 is 22.1 Å². The normalized spacial score (nSPS) is 40.9. The third kappa shape index (κ3) is 1.78. The van der Waals surface area contributed by atoms with E-state index in [1.54, 1.807) is 0 Å². The van der Waals surface area contributed by atoms with Gasteiger partial charge in [-0.2, -0.15) is 0 Å². The summed E-state index contributed by atoms with van der Waals surface area (Å²) in [5, 5.41) is 0. The van der Waals surface area contributed by atoms with Crippen molar-refractivity contribution in [1.82, 2.24) is 0 Å². The highest BCUT2D eigenvalue weighted by molar-refractivity contribution is 7.86. The fourth-order valence-electron chi connectivity index (χ4n) is 2.71. The Morgan fingerprint density at radius 3 is 2.83 bits per heavy atom. The van der Waals surface area contributed by atoms with E-state index in [1.807, 2.05) is 0 Å². The minimum absolute atomic E-state index is 0.321. The predicted octanol–water partition coefficient (Wildman–Crippen LogP) is -1.84. The zero-order valence-electron chi connectivity index (χ0n) is 8.98. The molecule has 0 aromatic carbocycles. The van der Waals surface area contributed by atoms with Gasteiger partial charge in [0.1, 0.15) is 22.0 Å². The summed E-state index contributed by atoms with van der Waals surface area (Å²) in [6.45, 7) is 0. The number of carbonyl (C=O) groups is 2. The van der Waals surface area contributed by atoms with Crippen LogP contribution in [0.15, 0.2) is 0 Å². The third-order valence-electron chi connectivity index (χ3n) is 3.35. The van der Waals surface area contributed by atoms with Crippen LogP contribution < -0.4 is 0 Å². The molecule has 0 radical (unpaired) electrons.